The first-order chi connectivity index (χ1) is 15.9. The third-order valence-corrected chi connectivity index (χ3v) is 4.28. The summed E-state index contributed by atoms with van der Waals surface area (Å²) in [6.45, 7) is 3.58. The number of rotatable bonds is 13. The van der Waals surface area contributed by atoms with Gasteiger partial charge in [0.1, 0.15) is 25.9 Å². The van der Waals surface area contributed by atoms with Crippen molar-refractivity contribution in [3.63, 3.8) is 0 Å². The predicted molar refractivity (Wildman–Crippen MR) is 117 cm³/mol. The number of esters is 4. The molecule has 2 aromatic rings. The Kier molecular flexibility index (Phi) is 11.2. The minimum Gasteiger partial charge on any atom is -0.462 e. The first kappa shape index (κ1) is 25.6. The molecule has 0 aromatic heterocycles. The summed E-state index contributed by atoms with van der Waals surface area (Å²) in [5.41, 5.74) is 1.69. The molecule has 175 valence electrons. The fraction of sp³-hybridized carbons (Fsp3) is 0.320. The average molecular weight is 455 g/mol. The van der Waals surface area contributed by atoms with Gasteiger partial charge in [0.25, 0.3) is 0 Å². The Hall–Kier alpha value is -3.68. The van der Waals surface area contributed by atoms with Crippen LogP contribution in [-0.2, 0) is 51.3 Å². The van der Waals surface area contributed by atoms with Crippen molar-refractivity contribution >= 4 is 23.9 Å². The Morgan fingerprint density at radius 1 is 0.606 bits per heavy atom. The van der Waals surface area contributed by atoms with E-state index in [1.807, 2.05) is 60.7 Å². The zero-order valence-electron chi connectivity index (χ0n) is 18.3. The van der Waals surface area contributed by atoms with E-state index in [0.717, 1.165) is 11.1 Å². The zero-order chi connectivity index (χ0) is 23.9. The van der Waals surface area contributed by atoms with Gasteiger partial charge < -0.3 is 18.9 Å². The Morgan fingerprint density at radius 3 is 1.45 bits per heavy atom. The van der Waals surface area contributed by atoms with Crippen molar-refractivity contribution < 1.29 is 38.1 Å². The molecular formula is C25H27O8. The van der Waals surface area contributed by atoms with Gasteiger partial charge in [-0.25, -0.2) is 0 Å². The molecule has 8 heteroatoms. The van der Waals surface area contributed by atoms with Gasteiger partial charge in [-0.1, -0.05) is 60.7 Å². The number of benzene rings is 2. The molecule has 2 aromatic carbocycles. The third kappa shape index (κ3) is 11.5. The van der Waals surface area contributed by atoms with Crippen LogP contribution in [0.3, 0.4) is 0 Å². The number of hydrogen-bond donors (Lipinski definition) is 0. The smallest absolute Gasteiger partial charge is 0.306 e. The van der Waals surface area contributed by atoms with Gasteiger partial charge in [-0.3, -0.25) is 19.2 Å². The Labute approximate surface area is 192 Å². The van der Waals surface area contributed by atoms with Crippen LogP contribution in [0.25, 0.3) is 0 Å². The summed E-state index contributed by atoms with van der Waals surface area (Å²) >= 11 is 0. The summed E-state index contributed by atoms with van der Waals surface area (Å²) in [5, 5.41) is 0. The normalized spacial score (nSPS) is 11.2. The molecule has 2 rings (SSSR count). The van der Waals surface area contributed by atoms with E-state index in [9.17, 15) is 19.2 Å². The molecule has 0 saturated heterocycles. The molecule has 0 spiro atoms. The fourth-order valence-corrected chi connectivity index (χ4v) is 2.57. The maximum Gasteiger partial charge on any atom is 0.306 e. The van der Waals surface area contributed by atoms with Crippen molar-refractivity contribution in [3.8, 4) is 0 Å². The van der Waals surface area contributed by atoms with E-state index in [0.29, 0.717) is 0 Å². The van der Waals surface area contributed by atoms with Crippen LogP contribution in [0, 0.1) is 6.92 Å². The second-order valence-electron chi connectivity index (χ2n) is 7.09. The van der Waals surface area contributed by atoms with Crippen LogP contribution in [0.5, 0.6) is 0 Å². The molecule has 0 N–H and O–H groups in total. The second-order valence-corrected chi connectivity index (χ2v) is 7.09. The van der Waals surface area contributed by atoms with Gasteiger partial charge in [0.15, 0.2) is 0 Å². The van der Waals surface area contributed by atoms with E-state index in [4.69, 9.17) is 18.9 Å². The molecule has 0 bridgehead atoms. The van der Waals surface area contributed by atoms with Gasteiger partial charge in [-0.2, -0.15) is 0 Å². The van der Waals surface area contributed by atoms with Gasteiger partial charge in [-0.05, 0) is 18.1 Å². The molecule has 0 heterocycles. The Bertz CT molecular complexity index is 895. The molecule has 1 unspecified atom stereocenters. The quantitative estimate of drug-likeness (QED) is 0.335. The van der Waals surface area contributed by atoms with E-state index in [1.54, 1.807) is 0 Å². The SMILES string of the molecule is [CH2]C(COC(=O)CCC(=O)OCc1ccccc1)OC(=O)CCC(=O)OCc1ccccc1. The third-order valence-electron chi connectivity index (χ3n) is 4.28. The minimum absolute atomic E-state index is 0.127. The minimum atomic E-state index is -0.938. The summed E-state index contributed by atoms with van der Waals surface area (Å²) in [4.78, 5) is 47.0. The largest absolute Gasteiger partial charge is 0.462 e. The molecule has 0 aliphatic heterocycles. The maximum atomic E-state index is 11.8. The van der Waals surface area contributed by atoms with Gasteiger partial charge in [-0.15, -0.1) is 0 Å². The number of carbonyl (C=O) groups excluding carboxylic acids is 4. The lowest BCUT2D eigenvalue weighted by molar-refractivity contribution is -0.159. The van der Waals surface area contributed by atoms with Crippen LogP contribution < -0.4 is 0 Å². The zero-order valence-corrected chi connectivity index (χ0v) is 18.3. The standard InChI is InChI=1S/C25H27O8/c1-19(33-25(29)15-14-24(28)32-18-21-10-6-3-7-11-21)16-30-22(26)12-13-23(27)31-17-20-8-4-2-5-9-20/h2-11,19H,1,12-18H2. The van der Waals surface area contributed by atoms with Crippen LogP contribution in [0.2, 0.25) is 0 Å². The molecule has 1 atom stereocenters. The van der Waals surface area contributed by atoms with Crippen molar-refractivity contribution in [3.05, 3.63) is 78.7 Å². The molecule has 33 heavy (non-hydrogen) atoms. The number of ether oxygens (including phenoxy) is 4. The van der Waals surface area contributed by atoms with Gasteiger partial charge in [0.05, 0.1) is 25.7 Å². The summed E-state index contributed by atoms with van der Waals surface area (Å²) in [6.07, 6.45) is -1.55. The van der Waals surface area contributed by atoms with E-state index in [-0.39, 0.29) is 45.5 Å². The van der Waals surface area contributed by atoms with E-state index < -0.39 is 30.0 Å². The summed E-state index contributed by atoms with van der Waals surface area (Å²) in [7, 11) is 0. The van der Waals surface area contributed by atoms with Crippen LogP contribution in [0.15, 0.2) is 60.7 Å². The predicted octanol–water partition coefficient (Wildman–Crippen LogP) is 3.32. The average Bonchev–Trinajstić information content (AvgIpc) is 2.83. The van der Waals surface area contributed by atoms with Crippen LogP contribution in [0.4, 0.5) is 0 Å². The fourth-order valence-electron chi connectivity index (χ4n) is 2.57. The molecule has 8 nitrogen and oxygen atoms in total. The van der Waals surface area contributed by atoms with E-state index >= 15 is 0 Å². The van der Waals surface area contributed by atoms with Crippen LogP contribution >= 0.6 is 0 Å². The lowest BCUT2D eigenvalue weighted by Gasteiger charge is -2.13. The lowest BCUT2D eigenvalue weighted by atomic mass is 10.2. The molecule has 1 radical (unpaired) electrons. The summed E-state index contributed by atoms with van der Waals surface area (Å²) in [5.74, 6) is -2.34. The molecular weight excluding hydrogens is 428 g/mol. The van der Waals surface area contributed by atoms with Gasteiger partial charge in [0.2, 0.25) is 0 Å². The van der Waals surface area contributed by atoms with Crippen LogP contribution in [-0.4, -0.2) is 36.6 Å². The molecule has 0 amide bonds. The monoisotopic (exact) mass is 455 g/mol. The lowest BCUT2D eigenvalue weighted by Crippen LogP contribution is -2.23. The van der Waals surface area contributed by atoms with E-state index in [1.165, 1.54) is 0 Å². The topological polar surface area (TPSA) is 105 Å². The Morgan fingerprint density at radius 2 is 1.00 bits per heavy atom. The molecule has 0 saturated carbocycles. The van der Waals surface area contributed by atoms with Crippen molar-refractivity contribution in [2.75, 3.05) is 6.61 Å². The molecule has 0 aliphatic carbocycles. The van der Waals surface area contributed by atoms with Crippen molar-refractivity contribution in [2.45, 2.75) is 45.0 Å². The van der Waals surface area contributed by atoms with Crippen molar-refractivity contribution in [1.29, 1.82) is 0 Å². The summed E-state index contributed by atoms with van der Waals surface area (Å²) < 4.78 is 20.1. The molecule has 0 aliphatic rings. The maximum absolute atomic E-state index is 11.8. The number of hydrogen-bond acceptors (Lipinski definition) is 8. The van der Waals surface area contributed by atoms with E-state index in [2.05, 4.69) is 6.92 Å². The highest BCUT2D eigenvalue weighted by atomic mass is 16.6. The highest BCUT2D eigenvalue weighted by molar-refractivity contribution is 5.78. The number of carbonyl (C=O) groups is 4. The van der Waals surface area contributed by atoms with Crippen molar-refractivity contribution in [1.82, 2.24) is 0 Å². The second kappa shape index (κ2) is 14.4. The first-order valence-corrected chi connectivity index (χ1v) is 10.5. The van der Waals surface area contributed by atoms with Gasteiger partial charge in [0, 0.05) is 0 Å². The Balaban J connectivity index is 1.52. The molecule has 0 fully saturated rings. The summed E-state index contributed by atoms with van der Waals surface area (Å²) in [6, 6.07) is 18.3. The van der Waals surface area contributed by atoms with Crippen molar-refractivity contribution in [2.24, 2.45) is 0 Å². The highest BCUT2D eigenvalue weighted by Gasteiger charge is 2.15. The van der Waals surface area contributed by atoms with Gasteiger partial charge >= 0.3 is 23.9 Å². The van der Waals surface area contributed by atoms with Crippen LogP contribution in [0.1, 0.15) is 36.8 Å². The first-order valence-electron chi connectivity index (χ1n) is 10.5. The highest BCUT2D eigenvalue weighted by Crippen LogP contribution is 2.06.